The minimum Gasteiger partial charge on any atom is -0.445 e. The molecule has 0 bridgehead atoms. The average Bonchev–Trinajstić information content (AvgIpc) is 2.53. The van der Waals surface area contributed by atoms with E-state index in [-0.39, 0.29) is 12.6 Å². The zero-order chi connectivity index (χ0) is 17.4. The van der Waals surface area contributed by atoms with Gasteiger partial charge < -0.3 is 10.1 Å². The van der Waals surface area contributed by atoms with Crippen LogP contribution in [0.5, 0.6) is 0 Å². The SMILES string of the molecule is CC(CCCc1cc(Cl)nc(Cl)c1)NC(=O)OCc1ccccc1. The molecular formula is C18H20Cl2N2O2. The van der Waals surface area contributed by atoms with Gasteiger partial charge in [0.05, 0.1) is 0 Å². The number of nitrogens with zero attached hydrogens (tertiary/aromatic N) is 1. The van der Waals surface area contributed by atoms with Crippen molar-refractivity contribution in [3.05, 3.63) is 63.9 Å². The summed E-state index contributed by atoms with van der Waals surface area (Å²) in [6.07, 6.45) is 2.16. The van der Waals surface area contributed by atoms with Gasteiger partial charge in [0.25, 0.3) is 0 Å². The van der Waals surface area contributed by atoms with Crippen molar-refractivity contribution in [1.29, 1.82) is 0 Å². The van der Waals surface area contributed by atoms with Gasteiger partial charge in [0.1, 0.15) is 16.9 Å². The van der Waals surface area contributed by atoms with Gasteiger partial charge in [-0.3, -0.25) is 0 Å². The average molecular weight is 367 g/mol. The molecule has 4 nitrogen and oxygen atoms in total. The van der Waals surface area contributed by atoms with Crippen LogP contribution in [0.1, 0.15) is 30.9 Å². The van der Waals surface area contributed by atoms with Crippen molar-refractivity contribution in [2.75, 3.05) is 0 Å². The first-order chi connectivity index (χ1) is 11.5. The summed E-state index contributed by atoms with van der Waals surface area (Å²) in [6.45, 7) is 2.23. The fourth-order valence-electron chi connectivity index (χ4n) is 2.31. The molecule has 2 aromatic rings. The first kappa shape index (κ1) is 18.6. The topological polar surface area (TPSA) is 51.2 Å². The maximum atomic E-state index is 11.8. The molecule has 6 heteroatoms. The Balaban J connectivity index is 1.67. The van der Waals surface area contributed by atoms with Crippen molar-refractivity contribution in [3.8, 4) is 0 Å². The van der Waals surface area contributed by atoms with Crippen LogP contribution in [0, 0.1) is 0 Å². The lowest BCUT2D eigenvalue weighted by atomic mass is 10.1. The van der Waals surface area contributed by atoms with Gasteiger partial charge in [-0.2, -0.15) is 0 Å². The third-order valence-corrected chi connectivity index (χ3v) is 3.89. The molecule has 0 aliphatic carbocycles. The molecule has 0 radical (unpaired) electrons. The molecule has 0 aliphatic rings. The molecule has 1 atom stereocenters. The van der Waals surface area contributed by atoms with Crippen molar-refractivity contribution >= 4 is 29.3 Å². The highest BCUT2D eigenvalue weighted by Gasteiger charge is 2.09. The van der Waals surface area contributed by atoms with Crippen LogP contribution in [0.25, 0.3) is 0 Å². The third kappa shape index (κ3) is 6.77. The highest BCUT2D eigenvalue weighted by atomic mass is 35.5. The number of pyridine rings is 1. The first-order valence-corrected chi connectivity index (χ1v) is 8.57. The first-order valence-electron chi connectivity index (χ1n) is 7.82. The van der Waals surface area contributed by atoms with Crippen LogP contribution in [0.15, 0.2) is 42.5 Å². The van der Waals surface area contributed by atoms with Gasteiger partial charge in [0.15, 0.2) is 0 Å². The van der Waals surface area contributed by atoms with E-state index in [1.165, 1.54) is 0 Å². The number of benzene rings is 1. The predicted octanol–water partition coefficient (Wildman–Crippen LogP) is 5.03. The normalized spacial score (nSPS) is 11.8. The van der Waals surface area contributed by atoms with Gasteiger partial charge in [0.2, 0.25) is 0 Å². The monoisotopic (exact) mass is 366 g/mol. The smallest absolute Gasteiger partial charge is 0.407 e. The Morgan fingerprint density at radius 3 is 2.50 bits per heavy atom. The largest absolute Gasteiger partial charge is 0.445 e. The lowest BCUT2D eigenvalue weighted by Crippen LogP contribution is -2.33. The van der Waals surface area contributed by atoms with Crippen LogP contribution in [-0.4, -0.2) is 17.1 Å². The van der Waals surface area contributed by atoms with Gasteiger partial charge in [-0.15, -0.1) is 0 Å². The van der Waals surface area contributed by atoms with E-state index in [0.717, 1.165) is 30.4 Å². The molecule has 1 aromatic heterocycles. The number of halogens is 2. The molecular weight excluding hydrogens is 347 g/mol. The Morgan fingerprint density at radius 2 is 1.83 bits per heavy atom. The molecule has 1 unspecified atom stereocenters. The molecule has 1 heterocycles. The summed E-state index contributed by atoms with van der Waals surface area (Å²) in [5.41, 5.74) is 2.01. The van der Waals surface area contributed by atoms with Crippen molar-refractivity contribution in [2.45, 2.75) is 38.8 Å². The Kier molecular flexibility index (Phi) is 7.35. The molecule has 0 saturated carbocycles. The zero-order valence-corrected chi connectivity index (χ0v) is 15.0. The number of rotatable bonds is 7. The zero-order valence-electron chi connectivity index (χ0n) is 13.5. The highest BCUT2D eigenvalue weighted by molar-refractivity contribution is 6.32. The summed E-state index contributed by atoms with van der Waals surface area (Å²) in [7, 11) is 0. The number of aromatic nitrogens is 1. The van der Waals surface area contributed by atoms with E-state index >= 15 is 0 Å². The van der Waals surface area contributed by atoms with Crippen LogP contribution in [-0.2, 0) is 17.8 Å². The van der Waals surface area contributed by atoms with Gasteiger partial charge in [-0.1, -0.05) is 53.5 Å². The number of ether oxygens (including phenoxy) is 1. The molecule has 1 N–H and O–H groups in total. The van der Waals surface area contributed by atoms with Crippen LogP contribution in [0.4, 0.5) is 4.79 Å². The predicted molar refractivity (Wildman–Crippen MR) is 96.4 cm³/mol. The van der Waals surface area contributed by atoms with Crippen LogP contribution in [0.3, 0.4) is 0 Å². The summed E-state index contributed by atoms with van der Waals surface area (Å²) >= 11 is 11.8. The second-order valence-corrected chi connectivity index (χ2v) is 6.39. The Bertz CT molecular complexity index is 645. The maximum Gasteiger partial charge on any atom is 0.407 e. The molecule has 2 rings (SSSR count). The van der Waals surface area contributed by atoms with E-state index in [0.29, 0.717) is 10.3 Å². The van der Waals surface area contributed by atoms with Gasteiger partial charge in [-0.05, 0) is 49.4 Å². The lowest BCUT2D eigenvalue weighted by molar-refractivity contribution is 0.136. The number of alkyl carbamates (subject to hydrolysis) is 1. The highest BCUT2D eigenvalue weighted by Crippen LogP contribution is 2.16. The van der Waals surface area contributed by atoms with Gasteiger partial charge >= 0.3 is 6.09 Å². The molecule has 0 fully saturated rings. The van der Waals surface area contributed by atoms with Gasteiger partial charge in [0, 0.05) is 6.04 Å². The summed E-state index contributed by atoms with van der Waals surface area (Å²) in [5.74, 6) is 0. The third-order valence-electron chi connectivity index (χ3n) is 3.50. The van der Waals surface area contributed by atoms with Gasteiger partial charge in [-0.25, -0.2) is 9.78 Å². The van der Waals surface area contributed by atoms with Crippen molar-refractivity contribution in [3.63, 3.8) is 0 Å². The number of amides is 1. The van der Waals surface area contributed by atoms with E-state index in [4.69, 9.17) is 27.9 Å². The van der Waals surface area contributed by atoms with Crippen LogP contribution in [0.2, 0.25) is 10.3 Å². The van der Waals surface area contributed by atoms with Crippen LogP contribution >= 0.6 is 23.2 Å². The summed E-state index contributed by atoms with van der Waals surface area (Å²) in [5, 5.41) is 3.63. The number of carbonyl (C=O) groups excluding carboxylic acids is 1. The lowest BCUT2D eigenvalue weighted by Gasteiger charge is -2.14. The van der Waals surface area contributed by atoms with Crippen molar-refractivity contribution < 1.29 is 9.53 Å². The van der Waals surface area contributed by atoms with Crippen LogP contribution < -0.4 is 5.32 Å². The molecule has 0 spiro atoms. The van der Waals surface area contributed by atoms with E-state index in [9.17, 15) is 4.79 Å². The quantitative estimate of drug-likeness (QED) is 0.699. The van der Waals surface area contributed by atoms with Crippen molar-refractivity contribution in [1.82, 2.24) is 10.3 Å². The number of hydrogen-bond donors (Lipinski definition) is 1. The van der Waals surface area contributed by atoms with E-state index in [1.54, 1.807) is 12.1 Å². The van der Waals surface area contributed by atoms with E-state index < -0.39 is 6.09 Å². The number of carbonyl (C=O) groups is 1. The molecule has 24 heavy (non-hydrogen) atoms. The molecule has 0 aliphatic heterocycles. The fraction of sp³-hybridized carbons (Fsp3) is 0.333. The number of hydrogen-bond acceptors (Lipinski definition) is 3. The molecule has 1 amide bonds. The molecule has 128 valence electrons. The molecule has 1 aromatic carbocycles. The standard InChI is InChI=1S/C18H20Cl2N2O2/c1-13(6-5-9-15-10-16(19)22-17(20)11-15)21-18(23)24-12-14-7-3-2-4-8-14/h2-4,7-8,10-11,13H,5-6,9,12H2,1H3,(H,21,23). The van der Waals surface area contributed by atoms with Crippen molar-refractivity contribution in [2.24, 2.45) is 0 Å². The fourth-order valence-corrected chi connectivity index (χ4v) is 2.81. The Hall–Kier alpha value is -1.78. The minimum absolute atomic E-state index is 0.0288. The second-order valence-electron chi connectivity index (χ2n) is 5.62. The summed E-state index contributed by atoms with van der Waals surface area (Å²) < 4.78 is 5.20. The summed E-state index contributed by atoms with van der Waals surface area (Å²) in [4.78, 5) is 15.7. The van der Waals surface area contributed by atoms with E-state index in [1.807, 2.05) is 37.3 Å². The Labute approximate surface area is 152 Å². The molecule has 0 saturated heterocycles. The summed E-state index contributed by atoms with van der Waals surface area (Å²) in [6, 6.07) is 13.2. The minimum atomic E-state index is -0.402. The van der Waals surface area contributed by atoms with E-state index in [2.05, 4.69) is 10.3 Å². The maximum absolute atomic E-state index is 11.8. The Morgan fingerprint density at radius 1 is 1.17 bits per heavy atom. The second kappa shape index (κ2) is 9.50. The number of nitrogens with one attached hydrogen (secondary N) is 1. The number of aryl methyl sites for hydroxylation is 1.